The third-order valence-corrected chi connectivity index (χ3v) is 2.79. The zero-order chi connectivity index (χ0) is 11.8. The average molecular weight is 327 g/mol. The SMILES string of the molecule is C#CCCCCNC(=O)c1cccc(I)c1. The number of terminal acetylenes is 1. The van der Waals surface area contributed by atoms with Gasteiger partial charge in [-0.1, -0.05) is 6.07 Å². The maximum absolute atomic E-state index is 11.7. The lowest BCUT2D eigenvalue weighted by atomic mass is 10.2. The molecule has 84 valence electrons. The normalized spacial score (nSPS) is 9.50. The van der Waals surface area contributed by atoms with Gasteiger partial charge < -0.3 is 5.32 Å². The Morgan fingerprint density at radius 2 is 2.25 bits per heavy atom. The molecule has 1 N–H and O–H groups in total. The van der Waals surface area contributed by atoms with Gasteiger partial charge in [-0.2, -0.15) is 0 Å². The smallest absolute Gasteiger partial charge is 0.251 e. The molecular formula is C13H14INO. The second-order valence-electron chi connectivity index (χ2n) is 3.43. The van der Waals surface area contributed by atoms with E-state index in [1.54, 1.807) is 0 Å². The van der Waals surface area contributed by atoms with Crippen LogP contribution in [0.15, 0.2) is 24.3 Å². The first-order valence-electron chi connectivity index (χ1n) is 5.21. The van der Waals surface area contributed by atoms with E-state index in [2.05, 4.69) is 33.8 Å². The van der Waals surface area contributed by atoms with Crippen molar-refractivity contribution < 1.29 is 4.79 Å². The van der Waals surface area contributed by atoms with E-state index in [-0.39, 0.29) is 5.91 Å². The summed E-state index contributed by atoms with van der Waals surface area (Å²) in [5, 5.41) is 2.87. The highest BCUT2D eigenvalue weighted by Crippen LogP contribution is 2.07. The lowest BCUT2D eigenvalue weighted by Gasteiger charge is -2.04. The summed E-state index contributed by atoms with van der Waals surface area (Å²) >= 11 is 2.19. The molecule has 0 saturated carbocycles. The van der Waals surface area contributed by atoms with Crippen molar-refractivity contribution in [2.24, 2.45) is 0 Å². The number of amides is 1. The maximum Gasteiger partial charge on any atom is 0.251 e. The minimum Gasteiger partial charge on any atom is -0.352 e. The van der Waals surface area contributed by atoms with Crippen molar-refractivity contribution in [2.45, 2.75) is 19.3 Å². The monoisotopic (exact) mass is 327 g/mol. The number of carbonyl (C=O) groups is 1. The number of halogens is 1. The Labute approximate surface area is 110 Å². The van der Waals surface area contributed by atoms with Crippen LogP contribution in [-0.4, -0.2) is 12.5 Å². The highest BCUT2D eigenvalue weighted by Gasteiger charge is 2.03. The van der Waals surface area contributed by atoms with Crippen molar-refractivity contribution in [2.75, 3.05) is 6.54 Å². The van der Waals surface area contributed by atoms with Crippen molar-refractivity contribution in [1.82, 2.24) is 5.32 Å². The summed E-state index contributed by atoms with van der Waals surface area (Å²) in [6, 6.07) is 7.54. The predicted molar refractivity (Wildman–Crippen MR) is 74.2 cm³/mol. The van der Waals surface area contributed by atoms with Gasteiger partial charge in [-0.05, 0) is 53.6 Å². The number of benzene rings is 1. The standard InChI is InChI=1S/C13H14INO/c1-2-3-4-5-9-15-13(16)11-7-6-8-12(14)10-11/h1,6-8,10H,3-5,9H2,(H,15,16). The third kappa shape index (κ3) is 4.67. The molecule has 0 aliphatic rings. The lowest BCUT2D eigenvalue weighted by molar-refractivity contribution is 0.0953. The van der Waals surface area contributed by atoms with Crippen LogP contribution in [0.5, 0.6) is 0 Å². The van der Waals surface area contributed by atoms with E-state index in [1.807, 2.05) is 24.3 Å². The first-order valence-corrected chi connectivity index (χ1v) is 6.29. The van der Waals surface area contributed by atoms with Gasteiger partial charge in [0, 0.05) is 22.1 Å². The Balaban J connectivity index is 2.33. The number of nitrogens with one attached hydrogen (secondary N) is 1. The molecular weight excluding hydrogens is 313 g/mol. The zero-order valence-electron chi connectivity index (χ0n) is 9.00. The van der Waals surface area contributed by atoms with E-state index in [9.17, 15) is 4.79 Å². The highest BCUT2D eigenvalue weighted by atomic mass is 127. The molecule has 0 heterocycles. The van der Waals surface area contributed by atoms with Crippen molar-refractivity contribution >= 4 is 28.5 Å². The molecule has 0 aliphatic heterocycles. The van der Waals surface area contributed by atoms with E-state index in [4.69, 9.17) is 6.42 Å². The maximum atomic E-state index is 11.7. The molecule has 0 saturated heterocycles. The van der Waals surface area contributed by atoms with Crippen molar-refractivity contribution in [3.63, 3.8) is 0 Å². The van der Waals surface area contributed by atoms with Gasteiger partial charge in [-0.15, -0.1) is 12.3 Å². The molecule has 0 bridgehead atoms. The van der Waals surface area contributed by atoms with Crippen molar-refractivity contribution in [3.8, 4) is 12.3 Å². The van der Waals surface area contributed by atoms with Gasteiger partial charge in [0.1, 0.15) is 0 Å². The molecule has 0 aromatic heterocycles. The van der Waals surface area contributed by atoms with Crippen LogP contribution < -0.4 is 5.32 Å². The molecule has 1 rings (SSSR count). The minimum absolute atomic E-state index is 0.0146. The summed E-state index contributed by atoms with van der Waals surface area (Å²) in [5.41, 5.74) is 0.712. The van der Waals surface area contributed by atoms with Gasteiger partial charge in [-0.3, -0.25) is 4.79 Å². The fourth-order valence-electron chi connectivity index (χ4n) is 1.29. The van der Waals surface area contributed by atoms with Gasteiger partial charge in [0.25, 0.3) is 5.91 Å². The summed E-state index contributed by atoms with van der Waals surface area (Å²) in [4.78, 5) is 11.7. The molecule has 0 spiro atoms. The molecule has 0 unspecified atom stereocenters. The summed E-state index contributed by atoms with van der Waals surface area (Å²) in [6.45, 7) is 0.686. The van der Waals surface area contributed by atoms with Gasteiger partial charge in [0.05, 0.1) is 0 Å². The van der Waals surface area contributed by atoms with E-state index in [0.717, 1.165) is 22.8 Å². The van der Waals surface area contributed by atoms with Crippen LogP contribution in [0, 0.1) is 15.9 Å². The largest absolute Gasteiger partial charge is 0.352 e. The molecule has 0 aliphatic carbocycles. The number of carbonyl (C=O) groups excluding carboxylic acids is 1. The number of rotatable bonds is 5. The van der Waals surface area contributed by atoms with Crippen LogP contribution in [0.4, 0.5) is 0 Å². The Bertz CT molecular complexity index is 395. The van der Waals surface area contributed by atoms with E-state index >= 15 is 0 Å². The van der Waals surface area contributed by atoms with E-state index < -0.39 is 0 Å². The topological polar surface area (TPSA) is 29.1 Å². The zero-order valence-corrected chi connectivity index (χ0v) is 11.2. The van der Waals surface area contributed by atoms with Gasteiger partial charge >= 0.3 is 0 Å². The molecule has 3 heteroatoms. The number of unbranched alkanes of at least 4 members (excludes halogenated alkanes) is 2. The summed E-state index contributed by atoms with van der Waals surface area (Å²) < 4.78 is 1.07. The fourth-order valence-corrected chi connectivity index (χ4v) is 1.83. The van der Waals surface area contributed by atoms with E-state index in [0.29, 0.717) is 12.1 Å². The summed E-state index contributed by atoms with van der Waals surface area (Å²) in [6.07, 6.45) is 7.81. The Morgan fingerprint density at radius 1 is 1.44 bits per heavy atom. The van der Waals surface area contributed by atoms with Crippen LogP contribution in [-0.2, 0) is 0 Å². The Hall–Kier alpha value is -1.02. The minimum atomic E-state index is -0.0146. The fraction of sp³-hybridized carbons (Fsp3) is 0.308. The van der Waals surface area contributed by atoms with Crippen LogP contribution in [0.25, 0.3) is 0 Å². The molecule has 1 amide bonds. The number of hydrogen-bond acceptors (Lipinski definition) is 1. The van der Waals surface area contributed by atoms with Gasteiger partial charge in [0.15, 0.2) is 0 Å². The quantitative estimate of drug-likeness (QED) is 0.503. The third-order valence-electron chi connectivity index (χ3n) is 2.12. The van der Waals surface area contributed by atoms with Crippen LogP contribution in [0.1, 0.15) is 29.6 Å². The Morgan fingerprint density at radius 3 is 2.94 bits per heavy atom. The molecule has 2 nitrogen and oxygen atoms in total. The van der Waals surface area contributed by atoms with Gasteiger partial charge in [-0.25, -0.2) is 0 Å². The number of hydrogen-bond donors (Lipinski definition) is 1. The first kappa shape index (κ1) is 13.0. The first-order chi connectivity index (χ1) is 7.74. The van der Waals surface area contributed by atoms with Gasteiger partial charge in [0.2, 0.25) is 0 Å². The van der Waals surface area contributed by atoms with Crippen LogP contribution in [0.3, 0.4) is 0 Å². The summed E-state index contributed by atoms with van der Waals surface area (Å²) in [5.74, 6) is 2.57. The molecule has 0 fully saturated rings. The second kappa shape index (κ2) is 7.29. The van der Waals surface area contributed by atoms with E-state index in [1.165, 1.54) is 0 Å². The highest BCUT2D eigenvalue weighted by molar-refractivity contribution is 14.1. The lowest BCUT2D eigenvalue weighted by Crippen LogP contribution is -2.24. The van der Waals surface area contributed by atoms with Crippen LogP contribution in [0.2, 0.25) is 0 Å². The second-order valence-corrected chi connectivity index (χ2v) is 4.67. The average Bonchev–Trinajstić information content (AvgIpc) is 2.28. The summed E-state index contributed by atoms with van der Waals surface area (Å²) in [7, 11) is 0. The Kier molecular flexibility index (Phi) is 5.94. The molecule has 1 aromatic carbocycles. The molecule has 0 atom stereocenters. The van der Waals surface area contributed by atoms with Crippen molar-refractivity contribution in [1.29, 1.82) is 0 Å². The predicted octanol–water partition coefficient (Wildman–Crippen LogP) is 2.82. The van der Waals surface area contributed by atoms with Crippen LogP contribution >= 0.6 is 22.6 Å². The molecule has 16 heavy (non-hydrogen) atoms. The van der Waals surface area contributed by atoms with Crippen molar-refractivity contribution in [3.05, 3.63) is 33.4 Å². The molecule has 1 aromatic rings. The molecule has 0 radical (unpaired) electrons.